The van der Waals surface area contributed by atoms with Crippen LogP contribution in [0.25, 0.3) is 0 Å². The first-order valence-electron chi connectivity index (χ1n) is 5.08. The van der Waals surface area contributed by atoms with E-state index in [9.17, 15) is 9.59 Å². The third-order valence-electron chi connectivity index (χ3n) is 2.87. The van der Waals surface area contributed by atoms with Gasteiger partial charge in [0, 0.05) is 13.5 Å². The Kier molecular flexibility index (Phi) is 3.92. The van der Waals surface area contributed by atoms with Crippen LogP contribution >= 0.6 is 0 Å². The summed E-state index contributed by atoms with van der Waals surface area (Å²) in [5.41, 5.74) is 0. The highest BCUT2D eigenvalue weighted by Gasteiger charge is 2.32. The molecule has 2 unspecified atom stereocenters. The highest BCUT2D eigenvalue weighted by Crippen LogP contribution is 2.33. The van der Waals surface area contributed by atoms with Crippen LogP contribution in [0.1, 0.15) is 32.6 Å². The van der Waals surface area contributed by atoms with Gasteiger partial charge in [0.05, 0.1) is 5.92 Å². The SMILES string of the molecule is CC(=O)NCCC1CCCC1C(=O)O. The summed E-state index contributed by atoms with van der Waals surface area (Å²) in [4.78, 5) is 21.4. The number of hydrogen-bond donors (Lipinski definition) is 2. The topological polar surface area (TPSA) is 66.4 Å². The second kappa shape index (κ2) is 4.98. The number of carboxylic acid groups (broad SMARTS) is 1. The van der Waals surface area contributed by atoms with Gasteiger partial charge in [0.25, 0.3) is 0 Å². The number of nitrogens with one attached hydrogen (secondary N) is 1. The monoisotopic (exact) mass is 199 g/mol. The summed E-state index contributed by atoms with van der Waals surface area (Å²) < 4.78 is 0. The zero-order valence-corrected chi connectivity index (χ0v) is 8.45. The van der Waals surface area contributed by atoms with Crippen LogP contribution < -0.4 is 5.32 Å². The van der Waals surface area contributed by atoms with Gasteiger partial charge in [-0.25, -0.2) is 0 Å². The van der Waals surface area contributed by atoms with Gasteiger partial charge in [0.2, 0.25) is 5.91 Å². The molecule has 2 N–H and O–H groups in total. The second-order valence-corrected chi connectivity index (χ2v) is 3.91. The standard InChI is InChI=1S/C10H17NO3/c1-7(12)11-6-5-8-3-2-4-9(8)10(13)14/h8-9H,2-6H2,1H3,(H,11,12)(H,13,14). The molecule has 4 heteroatoms. The summed E-state index contributed by atoms with van der Waals surface area (Å²) in [5.74, 6) is -0.673. The van der Waals surface area contributed by atoms with Crippen molar-refractivity contribution in [1.82, 2.24) is 5.32 Å². The number of hydrogen-bond acceptors (Lipinski definition) is 2. The number of aliphatic carboxylic acids is 1. The number of carbonyl (C=O) groups is 2. The van der Waals surface area contributed by atoms with Gasteiger partial charge in [-0.1, -0.05) is 6.42 Å². The zero-order valence-electron chi connectivity index (χ0n) is 8.45. The van der Waals surface area contributed by atoms with Crippen LogP contribution in [-0.2, 0) is 9.59 Å². The molecule has 1 amide bonds. The predicted octanol–water partition coefficient (Wildman–Crippen LogP) is 1.01. The highest BCUT2D eigenvalue weighted by molar-refractivity contribution is 5.72. The minimum absolute atomic E-state index is 0.0464. The molecule has 80 valence electrons. The maximum Gasteiger partial charge on any atom is 0.306 e. The van der Waals surface area contributed by atoms with E-state index < -0.39 is 5.97 Å². The molecule has 0 aromatic carbocycles. The van der Waals surface area contributed by atoms with Gasteiger partial charge < -0.3 is 10.4 Å². The molecule has 0 aromatic heterocycles. The Morgan fingerprint density at radius 1 is 1.43 bits per heavy atom. The summed E-state index contributed by atoms with van der Waals surface area (Å²) >= 11 is 0. The molecule has 14 heavy (non-hydrogen) atoms. The van der Waals surface area contributed by atoms with E-state index in [2.05, 4.69) is 5.32 Å². The summed E-state index contributed by atoms with van der Waals surface area (Å²) in [5, 5.41) is 11.6. The van der Waals surface area contributed by atoms with Crippen LogP contribution in [0.15, 0.2) is 0 Å². The van der Waals surface area contributed by atoms with E-state index in [-0.39, 0.29) is 17.7 Å². The molecule has 0 radical (unpaired) electrons. The summed E-state index contributed by atoms with van der Waals surface area (Å²) in [6.07, 6.45) is 3.56. The average Bonchev–Trinajstić information content (AvgIpc) is 2.51. The number of carbonyl (C=O) groups excluding carboxylic acids is 1. The third-order valence-corrected chi connectivity index (χ3v) is 2.87. The van der Waals surface area contributed by atoms with Crippen LogP contribution in [0.3, 0.4) is 0 Å². The Morgan fingerprint density at radius 3 is 2.71 bits per heavy atom. The number of carboxylic acids is 1. The van der Waals surface area contributed by atoms with Gasteiger partial charge in [-0.05, 0) is 25.2 Å². The molecular weight excluding hydrogens is 182 g/mol. The molecule has 1 saturated carbocycles. The molecule has 1 rings (SSSR count). The molecule has 0 heterocycles. The number of rotatable bonds is 4. The lowest BCUT2D eigenvalue weighted by molar-refractivity contribution is -0.142. The van der Waals surface area contributed by atoms with Crippen LogP contribution in [0, 0.1) is 11.8 Å². The first-order chi connectivity index (χ1) is 6.61. The summed E-state index contributed by atoms with van der Waals surface area (Å²) in [6.45, 7) is 2.08. The van der Waals surface area contributed by atoms with Crippen LogP contribution in [0.5, 0.6) is 0 Å². The smallest absolute Gasteiger partial charge is 0.306 e. The van der Waals surface area contributed by atoms with Crippen molar-refractivity contribution in [2.75, 3.05) is 6.54 Å². The van der Waals surface area contributed by atoms with Crippen molar-refractivity contribution >= 4 is 11.9 Å². The third kappa shape index (κ3) is 3.01. The molecule has 1 aliphatic carbocycles. The van der Waals surface area contributed by atoms with Crippen molar-refractivity contribution in [2.45, 2.75) is 32.6 Å². The van der Waals surface area contributed by atoms with Crippen molar-refractivity contribution in [3.05, 3.63) is 0 Å². The molecule has 1 aliphatic rings. The van der Waals surface area contributed by atoms with Gasteiger partial charge in [0.15, 0.2) is 0 Å². The Bertz CT molecular complexity index is 227. The fourth-order valence-corrected chi connectivity index (χ4v) is 2.14. The lowest BCUT2D eigenvalue weighted by Crippen LogP contribution is -2.26. The van der Waals surface area contributed by atoms with Crippen LogP contribution in [-0.4, -0.2) is 23.5 Å². The molecule has 0 bridgehead atoms. The van der Waals surface area contributed by atoms with E-state index in [1.165, 1.54) is 6.92 Å². The average molecular weight is 199 g/mol. The van der Waals surface area contributed by atoms with E-state index in [1.807, 2.05) is 0 Å². The quantitative estimate of drug-likeness (QED) is 0.710. The largest absolute Gasteiger partial charge is 0.481 e. The molecule has 0 spiro atoms. The molecule has 2 atom stereocenters. The van der Waals surface area contributed by atoms with E-state index in [4.69, 9.17) is 5.11 Å². The van der Waals surface area contributed by atoms with Crippen molar-refractivity contribution in [2.24, 2.45) is 11.8 Å². The fourth-order valence-electron chi connectivity index (χ4n) is 2.14. The lowest BCUT2D eigenvalue weighted by atomic mass is 9.93. The molecule has 0 aromatic rings. The van der Waals surface area contributed by atoms with Gasteiger partial charge in [0.1, 0.15) is 0 Å². The van der Waals surface area contributed by atoms with Gasteiger partial charge in [-0.15, -0.1) is 0 Å². The zero-order chi connectivity index (χ0) is 10.6. The number of amides is 1. The van der Waals surface area contributed by atoms with E-state index >= 15 is 0 Å². The highest BCUT2D eigenvalue weighted by atomic mass is 16.4. The first kappa shape index (κ1) is 11.0. The first-order valence-corrected chi connectivity index (χ1v) is 5.08. The second-order valence-electron chi connectivity index (χ2n) is 3.91. The van der Waals surface area contributed by atoms with E-state index in [1.54, 1.807) is 0 Å². The maximum atomic E-state index is 10.8. The maximum absolute atomic E-state index is 10.8. The van der Waals surface area contributed by atoms with Crippen molar-refractivity contribution in [3.63, 3.8) is 0 Å². The fraction of sp³-hybridized carbons (Fsp3) is 0.800. The minimum atomic E-state index is -0.685. The van der Waals surface area contributed by atoms with E-state index in [0.717, 1.165) is 25.7 Å². The summed E-state index contributed by atoms with van der Waals surface area (Å²) in [7, 11) is 0. The van der Waals surface area contributed by atoms with Gasteiger partial charge in [-0.3, -0.25) is 9.59 Å². The minimum Gasteiger partial charge on any atom is -0.481 e. The van der Waals surface area contributed by atoms with E-state index in [0.29, 0.717) is 6.54 Å². The molecule has 1 fully saturated rings. The molecule has 0 saturated heterocycles. The lowest BCUT2D eigenvalue weighted by Gasteiger charge is -2.15. The van der Waals surface area contributed by atoms with Gasteiger partial charge in [-0.2, -0.15) is 0 Å². The predicted molar refractivity (Wildman–Crippen MR) is 51.8 cm³/mol. The molecule has 0 aliphatic heterocycles. The summed E-state index contributed by atoms with van der Waals surface area (Å²) in [6, 6.07) is 0. The van der Waals surface area contributed by atoms with Crippen LogP contribution in [0.2, 0.25) is 0 Å². The Balaban J connectivity index is 2.29. The molecule has 4 nitrogen and oxygen atoms in total. The van der Waals surface area contributed by atoms with Crippen molar-refractivity contribution in [1.29, 1.82) is 0 Å². The van der Waals surface area contributed by atoms with Crippen LogP contribution in [0.4, 0.5) is 0 Å². The normalized spacial score (nSPS) is 26.1. The van der Waals surface area contributed by atoms with Crippen molar-refractivity contribution in [3.8, 4) is 0 Å². The molecular formula is C10H17NO3. The Hall–Kier alpha value is -1.06. The Labute approximate surface area is 83.7 Å². The Morgan fingerprint density at radius 2 is 2.14 bits per heavy atom. The van der Waals surface area contributed by atoms with Gasteiger partial charge >= 0.3 is 5.97 Å². The van der Waals surface area contributed by atoms with Crippen molar-refractivity contribution < 1.29 is 14.7 Å².